The lowest BCUT2D eigenvalue weighted by atomic mass is 10.1. The van der Waals surface area contributed by atoms with Crippen molar-refractivity contribution in [2.75, 3.05) is 26.2 Å². The molecule has 1 unspecified atom stereocenters. The lowest BCUT2D eigenvalue weighted by Crippen LogP contribution is -2.38. The van der Waals surface area contributed by atoms with Gasteiger partial charge in [0.25, 0.3) is 0 Å². The maximum absolute atomic E-state index is 5.69. The molecule has 1 fully saturated rings. The van der Waals surface area contributed by atoms with Crippen LogP contribution in [0.3, 0.4) is 0 Å². The lowest BCUT2D eigenvalue weighted by molar-refractivity contribution is 0.187. The Labute approximate surface area is 106 Å². The SMILES string of the molecule is BrC1CCCN(CCOc2ccccc2)C1. The third-order valence-electron chi connectivity index (χ3n) is 2.87. The number of para-hydroxylation sites is 1. The normalized spacial score (nSPS) is 21.9. The van der Waals surface area contributed by atoms with Crippen molar-refractivity contribution in [3.05, 3.63) is 30.3 Å². The molecule has 3 heteroatoms. The van der Waals surface area contributed by atoms with Gasteiger partial charge in [-0.15, -0.1) is 0 Å². The highest BCUT2D eigenvalue weighted by molar-refractivity contribution is 9.09. The number of nitrogens with zero attached hydrogens (tertiary/aromatic N) is 1. The zero-order valence-electron chi connectivity index (χ0n) is 9.44. The number of rotatable bonds is 4. The van der Waals surface area contributed by atoms with Crippen LogP contribution in [-0.2, 0) is 0 Å². The largest absolute Gasteiger partial charge is 0.492 e. The predicted molar refractivity (Wildman–Crippen MR) is 70.3 cm³/mol. The highest BCUT2D eigenvalue weighted by atomic mass is 79.9. The van der Waals surface area contributed by atoms with E-state index in [4.69, 9.17) is 4.74 Å². The molecule has 1 saturated heterocycles. The topological polar surface area (TPSA) is 12.5 Å². The molecule has 0 spiro atoms. The Balaban J connectivity index is 1.68. The van der Waals surface area contributed by atoms with Crippen molar-refractivity contribution >= 4 is 15.9 Å². The van der Waals surface area contributed by atoms with Crippen LogP contribution in [0.5, 0.6) is 5.75 Å². The molecule has 0 saturated carbocycles. The fourth-order valence-electron chi connectivity index (χ4n) is 2.01. The highest BCUT2D eigenvalue weighted by Gasteiger charge is 2.16. The van der Waals surface area contributed by atoms with Crippen molar-refractivity contribution in [3.63, 3.8) is 0 Å². The zero-order chi connectivity index (χ0) is 11.2. The second-order valence-corrected chi connectivity index (χ2v) is 5.50. The number of benzene rings is 1. The van der Waals surface area contributed by atoms with Gasteiger partial charge in [0.05, 0.1) is 0 Å². The molecule has 0 bridgehead atoms. The Morgan fingerprint density at radius 1 is 1.31 bits per heavy atom. The maximum atomic E-state index is 5.69. The minimum atomic E-state index is 0.665. The van der Waals surface area contributed by atoms with Gasteiger partial charge in [-0.05, 0) is 31.5 Å². The van der Waals surface area contributed by atoms with E-state index in [1.165, 1.54) is 19.4 Å². The number of piperidine rings is 1. The van der Waals surface area contributed by atoms with Crippen LogP contribution in [0.25, 0.3) is 0 Å². The fourth-order valence-corrected chi connectivity index (χ4v) is 2.74. The minimum Gasteiger partial charge on any atom is -0.492 e. The van der Waals surface area contributed by atoms with Crippen LogP contribution < -0.4 is 4.74 Å². The van der Waals surface area contributed by atoms with Gasteiger partial charge in [0.1, 0.15) is 12.4 Å². The lowest BCUT2D eigenvalue weighted by Gasteiger charge is -2.29. The van der Waals surface area contributed by atoms with Crippen molar-refractivity contribution in [1.29, 1.82) is 0 Å². The average molecular weight is 284 g/mol. The van der Waals surface area contributed by atoms with Gasteiger partial charge in [0.15, 0.2) is 0 Å². The van der Waals surface area contributed by atoms with Gasteiger partial charge < -0.3 is 4.74 Å². The van der Waals surface area contributed by atoms with E-state index in [0.29, 0.717) is 4.83 Å². The number of likely N-dealkylation sites (tertiary alicyclic amines) is 1. The zero-order valence-corrected chi connectivity index (χ0v) is 11.0. The Bertz CT molecular complexity index is 304. The van der Waals surface area contributed by atoms with Gasteiger partial charge in [-0.25, -0.2) is 0 Å². The molecule has 0 aliphatic carbocycles. The van der Waals surface area contributed by atoms with Gasteiger partial charge >= 0.3 is 0 Å². The summed E-state index contributed by atoms with van der Waals surface area (Å²) in [4.78, 5) is 3.13. The molecular formula is C13H18BrNO. The van der Waals surface area contributed by atoms with Gasteiger partial charge in [-0.2, -0.15) is 0 Å². The van der Waals surface area contributed by atoms with Gasteiger partial charge in [0, 0.05) is 17.9 Å². The summed E-state index contributed by atoms with van der Waals surface area (Å²) in [7, 11) is 0. The molecule has 1 aliphatic heterocycles. The molecule has 0 amide bonds. The molecular weight excluding hydrogens is 266 g/mol. The molecule has 0 aromatic heterocycles. The summed E-state index contributed by atoms with van der Waals surface area (Å²) in [6.45, 7) is 4.17. The Morgan fingerprint density at radius 3 is 2.88 bits per heavy atom. The van der Waals surface area contributed by atoms with E-state index in [2.05, 4.69) is 20.8 Å². The molecule has 0 radical (unpaired) electrons. The molecule has 16 heavy (non-hydrogen) atoms. The average Bonchev–Trinajstić information content (AvgIpc) is 2.30. The summed E-state index contributed by atoms with van der Waals surface area (Å²) in [5.74, 6) is 0.968. The molecule has 1 aromatic rings. The second-order valence-electron chi connectivity index (χ2n) is 4.20. The highest BCUT2D eigenvalue weighted by Crippen LogP contribution is 2.16. The summed E-state index contributed by atoms with van der Waals surface area (Å²) in [5, 5.41) is 0. The Kier molecular flexibility index (Phi) is 4.67. The van der Waals surface area contributed by atoms with E-state index < -0.39 is 0 Å². The van der Waals surface area contributed by atoms with Crippen LogP contribution in [-0.4, -0.2) is 36.0 Å². The standard InChI is InChI=1S/C13H18BrNO/c14-12-5-4-8-15(11-12)9-10-16-13-6-2-1-3-7-13/h1-3,6-7,12H,4-5,8-11H2. The van der Waals surface area contributed by atoms with Gasteiger partial charge in [0.2, 0.25) is 0 Å². The first-order valence-corrected chi connectivity index (χ1v) is 6.80. The number of halogens is 1. The minimum absolute atomic E-state index is 0.665. The van der Waals surface area contributed by atoms with Crippen molar-refractivity contribution in [2.24, 2.45) is 0 Å². The third kappa shape index (κ3) is 3.80. The molecule has 88 valence electrons. The van der Waals surface area contributed by atoms with E-state index in [9.17, 15) is 0 Å². The van der Waals surface area contributed by atoms with Gasteiger partial charge in [-0.1, -0.05) is 34.1 Å². The number of hydrogen-bond acceptors (Lipinski definition) is 2. The fraction of sp³-hybridized carbons (Fsp3) is 0.538. The van der Waals surface area contributed by atoms with Crippen molar-refractivity contribution < 1.29 is 4.74 Å². The van der Waals surface area contributed by atoms with E-state index in [1.807, 2.05) is 30.3 Å². The number of ether oxygens (including phenoxy) is 1. The van der Waals surface area contributed by atoms with Crippen LogP contribution in [0, 0.1) is 0 Å². The summed E-state index contributed by atoms with van der Waals surface area (Å²) in [6.07, 6.45) is 2.59. The molecule has 0 N–H and O–H groups in total. The second kappa shape index (κ2) is 6.26. The van der Waals surface area contributed by atoms with Crippen molar-refractivity contribution in [2.45, 2.75) is 17.7 Å². The van der Waals surface area contributed by atoms with E-state index >= 15 is 0 Å². The summed E-state index contributed by atoms with van der Waals surface area (Å²) in [6, 6.07) is 10.0. The first-order valence-electron chi connectivity index (χ1n) is 5.89. The first-order chi connectivity index (χ1) is 7.84. The monoisotopic (exact) mass is 283 g/mol. The third-order valence-corrected chi connectivity index (χ3v) is 3.61. The van der Waals surface area contributed by atoms with Crippen LogP contribution in [0.4, 0.5) is 0 Å². The Morgan fingerprint density at radius 2 is 2.12 bits per heavy atom. The van der Waals surface area contributed by atoms with E-state index in [1.54, 1.807) is 0 Å². The van der Waals surface area contributed by atoms with E-state index in [-0.39, 0.29) is 0 Å². The van der Waals surface area contributed by atoms with Gasteiger partial charge in [-0.3, -0.25) is 4.90 Å². The summed E-state index contributed by atoms with van der Waals surface area (Å²) >= 11 is 3.68. The van der Waals surface area contributed by atoms with Crippen molar-refractivity contribution in [1.82, 2.24) is 4.90 Å². The van der Waals surface area contributed by atoms with E-state index in [0.717, 1.165) is 25.4 Å². The summed E-state index contributed by atoms with van der Waals surface area (Å²) in [5.41, 5.74) is 0. The van der Waals surface area contributed by atoms with Crippen LogP contribution in [0.15, 0.2) is 30.3 Å². The number of hydrogen-bond donors (Lipinski definition) is 0. The molecule has 1 atom stereocenters. The first kappa shape index (κ1) is 11.9. The van der Waals surface area contributed by atoms with Crippen LogP contribution in [0.1, 0.15) is 12.8 Å². The smallest absolute Gasteiger partial charge is 0.119 e. The molecule has 1 heterocycles. The maximum Gasteiger partial charge on any atom is 0.119 e. The Hall–Kier alpha value is -0.540. The predicted octanol–water partition coefficient (Wildman–Crippen LogP) is 2.92. The molecule has 1 aliphatic rings. The molecule has 2 nitrogen and oxygen atoms in total. The quantitative estimate of drug-likeness (QED) is 0.788. The van der Waals surface area contributed by atoms with Crippen LogP contribution in [0.2, 0.25) is 0 Å². The summed E-state index contributed by atoms with van der Waals surface area (Å²) < 4.78 is 5.69. The number of alkyl halides is 1. The van der Waals surface area contributed by atoms with Crippen LogP contribution >= 0.6 is 15.9 Å². The molecule has 2 rings (SSSR count). The van der Waals surface area contributed by atoms with Crippen molar-refractivity contribution in [3.8, 4) is 5.75 Å². The molecule has 1 aromatic carbocycles.